The largest absolute Gasteiger partial charge is 0.433 e. The van der Waals surface area contributed by atoms with Gasteiger partial charge < -0.3 is 9.88 Å². The Morgan fingerprint density at radius 2 is 1.81 bits per heavy atom. The molecule has 0 fully saturated rings. The predicted molar refractivity (Wildman–Crippen MR) is 117 cm³/mol. The summed E-state index contributed by atoms with van der Waals surface area (Å²) in [6.07, 6.45) is 0.230. The molecule has 1 aromatic carbocycles. The number of benzene rings is 1. The van der Waals surface area contributed by atoms with E-state index in [2.05, 4.69) is 28.0 Å². The molecule has 1 aliphatic heterocycles. The first-order valence-electron chi connectivity index (χ1n) is 10.4. The van der Waals surface area contributed by atoms with Crippen LogP contribution in [-0.2, 0) is 26.1 Å². The van der Waals surface area contributed by atoms with Gasteiger partial charge in [-0.05, 0) is 48.4 Å². The van der Waals surface area contributed by atoms with Crippen LogP contribution < -0.4 is 10.9 Å². The molecule has 5 nitrogen and oxygen atoms in total. The lowest BCUT2D eigenvalue weighted by Crippen LogP contribution is -2.17. The Morgan fingerprint density at radius 3 is 2.53 bits per heavy atom. The van der Waals surface area contributed by atoms with Crippen LogP contribution in [-0.4, -0.2) is 27.2 Å². The van der Waals surface area contributed by atoms with E-state index >= 15 is 0 Å². The Bertz CT molecular complexity index is 1370. The van der Waals surface area contributed by atoms with Gasteiger partial charge in [-0.2, -0.15) is 13.2 Å². The van der Waals surface area contributed by atoms with Gasteiger partial charge in [0.05, 0.1) is 11.2 Å². The Morgan fingerprint density at radius 1 is 1.00 bits per heavy atom. The topological polar surface area (TPSA) is 51.9 Å². The molecule has 0 atom stereocenters. The maximum absolute atomic E-state index is 12.8. The SMILES string of the molecule is Cn1c2c(c3ccc(-n4ccc(-c5ccc(C(F)(F)F)nc5)cc4=O)cc31)CCNCC2. The lowest BCUT2D eigenvalue weighted by Gasteiger charge is -2.10. The first-order chi connectivity index (χ1) is 15.3. The molecule has 0 amide bonds. The minimum atomic E-state index is -4.49. The fourth-order valence-corrected chi connectivity index (χ4v) is 4.45. The summed E-state index contributed by atoms with van der Waals surface area (Å²) in [6.45, 7) is 1.90. The van der Waals surface area contributed by atoms with Gasteiger partial charge in [-0.25, -0.2) is 0 Å². The van der Waals surface area contributed by atoms with E-state index in [1.807, 2.05) is 12.1 Å². The van der Waals surface area contributed by atoms with Gasteiger partial charge in [-0.1, -0.05) is 12.1 Å². The highest BCUT2D eigenvalue weighted by Gasteiger charge is 2.32. The molecule has 0 saturated heterocycles. The molecule has 8 heteroatoms. The van der Waals surface area contributed by atoms with Crippen LogP contribution in [0, 0.1) is 0 Å². The van der Waals surface area contributed by atoms with Gasteiger partial charge in [0.15, 0.2) is 0 Å². The summed E-state index contributed by atoms with van der Waals surface area (Å²) in [5.41, 5.74) is 4.26. The van der Waals surface area contributed by atoms with Crippen molar-refractivity contribution >= 4 is 10.9 Å². The van der Waals surface area contributed by atoms with Gasteiger partial charge in [0.1, 0.15) is 5.69 Å². The normalized spacial score (nSPS) is 14.4. The highest BCUT2D eigenvalue weighted by molar-refractivity contribution is 5.87. The summed E-state index contributed by atoms with van der Waals surface area (Å²) in [6, 6.07) is 11.4. The number of aromatic nitrogens is 3. The summed E-state index contributed by atoms with van der Waals surface area (Å²) < 4.78 is 42.0. The smallest absolute Gasteiger partial charge is 0.347 e. The molecular formula is C24H21F3N4O. The second-order valence-corrected chi connectivity index (χ2v) is 7.99. The Hall–Kier alpha value is -3.39. The fourth-order valence-electron chi connectivity index (χ4n) is 4.45. The summed E-state index contributed by atoms with van der Waals surface area (Å²) in [5, 5.41) is 4.63. The maximum Gasteiger partial charge on any atom is 0.433 e. The standard InChI is InChI=1S/C24H21F3N4O/c1-30-20-7-10-28-9-6-19(20)18-4-3-17(13-21(18)30)31-11-8-15(12-23(31)32)16-2-5-22(29-14-16)24(25,26)27/h2-5,8,11-14,28H,6-7,9-10H2,1H3. The van der Waals surface area contributed by atoms with Crippen molar-refractivity contribution in [2.45, 2.75) is 19.0 Å². The molecule has 4 heterocycles. The van der Waals surface area contributed by atoms with Crippen LogP contribution in [0.2, 0.25) is 0 Å². The van der Waals surface area contributed by atoms with Gasteiger partial charge in [-0.15, -0.1) is 0 Å². The highest BCUT2D eigenvalue weighted by Crippen LogP contribution is 2.30. The van der Waals surface area contributed by atoms with E-state index in [1.54, 1.807) is 16.8 Å². The number of halogens is 3. The number of nitrogens with one attached hydrogen (secondary N) is 1. The molecule has 0 spiro atoms. The van der Waals surface area contributed by atoms with Crippen LogP contribution in [0.5, 0.6) is 0 Å². The van der Waals surface area contributed by atoms with Gasteiger partial charge in [0.25, 0.3) is 5.56 Å². The van der Waals surface area contributed by atoms with Crippen LogP contribution in [0.4, 0.5) is 13.2 Å². The third-order valence-electron chi connectivity index (χ3n) is 6.10. The Kier molecular flexibility index (Phi) is 4.89. The zero-order valence-electron chi connectivity index (χ0n) is 17.4. The van der Waals surface area contributed by atoms with Gasteiger partial charge >= 0.3 is 6.18 Å². The first kappa shape index (κ1) is 20.5. The van der Waals surface area contributed by atoms with E-state index < -0.39 is 11.9 Å². The summed E-state index contributed by atoms with van der Waals surface area (Å²) in [4.78, 5) is 16.3. The second-order valence-electron chi connectivity index (χ2n) is 7.99. The molecule has 0 unspecified atom stereocenters. The molecule has 1 N–H and O–H groups in total. The van der Waals surface area contributed by atoms with Crippen LogP contribution >= 0.6 is 0 Å². The average Bonchev–Trinajstić information content (AvgIpc) is 2.93. The monoisotopic (exact) mass is 438 g/mol. The number of pyridine rings is 2. The van der Waals surface area contributed by atoms with Crippen LogP contribution in [0.25, 0.3) is 27.7 Å². The molecule has 3 aromatic heterocycles. The fraction of sp³-hybridized carbons (Fsp3) is 0.250. The number of aryl methyl sites for hydroxylation is 1. The van der Waals surface area contributed by atoms with Gasteiger partial charge in [0, 0.05) is 55.1 Å². The molecule has 1 aliphatic rings. The Labute approximate surface area is 182 Å². The molecular weight excluding hydrogens is 417 g/mol. The average molecular weight is 438 g/mol. The molecule has 0 bridgehead atoms. The lowest BCUT2D eigenvalue weighted by atomic mass is 10.1. The van der Waals surface area contributed by atoms with Crippen molar-refractivity contribution in [3.8, 4) is 16.8 Å². The molecule has 0 saturated carbocycles. The van der Waals surface area contributed by atoms with E-state index in [0.717, 1.165) is 49.4 Å². The first-order valence-corrected chi connectivity index (χ1v) is 10.4. The van der Waals surface area contributed by atoms with Crippen molar-refractivity contribution in [1.29, 1.82) is 0 Å². The molecule has 4 aromatic rings. The number of nitrogens with zero attached hydrogens (tertiary/aromatic N) is 3. The number of alkyl halides is 3. The maximum atomic E-state index is 12.8. The zero-order valence-corrected chi connectivity index (χ0v) is 17.4. The third kappa shape index (κ3) is 3.50. The molecule has 5 rings (SSSR count). The molecule has 32 heavy (non-hydrogen) atoms. The van der Waals surface area contributed by atoms with E-state index in [9.17, 15) is 18.0 Å². The van der Waals surface area contributed by atoms with Gasteiger partial charge in [0.2, 0.25) is 0 Å². The summed E-state index contributed by atoms with van der Waals surface area (Å²) in [7, 11) is 2.06. The van der Waals surface area contributed by atoms with Crippen molar-refractivity contribution in [2.24, 2.45) is 7.05 Å². The lowest BCUT2D eigenvalue weighted by molar-refractivity contribution is -0.141. The number of hydrogen-bond acceptors (Lipinski definition) is 3. The van der Waals surface area contributed by atoms with Crippen LogP contribution in [0.3, 0.4) is 0 Å². The zero-order chi connectivity index (χ0) is 22.5. The number of rotatable bonds is 2. The number of hydrogen-bond donors (Lipinski definition) is 1. The number of fused-ring (bicyclic) bond motifs is 3. The highest BCUT2D eigenvalue weighted by atomic mass is 19.4. The van der Waals surface area contributed by atoms with Crippen LogP contribution in [0.15, 0.2) is 59.7 Å². The van der Waals surface area contributed by atoms with Crippen LogP contribution in [0.1, 0.15) is 17.0 Å². The van der Waals surface area contributed by atoms with Crippen molar-refractivity contribution in [1.82, 2.24) is 19.4 Å². The van der Waals surface area contributed by atoms with Crippen molar-refractivity contribution < 1.29 is 13.2 Å². The second kappa shape index (κ2) is 7.63. The summed E-state index contributed by atoms with van der Waals surface area (Å²) >= 11 is 0. The molecule has 0 aliphatic carbocycles. The third-order valence-corrected chi connectivity index (χ3v) is 6.10. The van der Waals surface area contributed by atoms with E-state index in [4.69, 9.17) is 0 Å². The van der Waals surface area contributed by atoms with E-state index in [-0.39, 0.29) is 5.56 Å². The van der Waals surface area contributed by atoms with Crippen molar-refractivity contribution in [3.05, 3.63) is 82.2 Å². The summed E-state index contributed by atoms with van der Waals surface area (Å²) in [5.74, 6) is 0. The van der Waals surface area contributed by atoms with Gasteiger partial charge in [-0.3, -0.25) is 14.3 Å². The molecule has 0 radical (unpaired) electrons. The van der Waals surface area contributed by atoms with Crippen molar-refractivity contribution in [2.75, 3.05) is 13.1 Å². The molecule has 164 valence electrons. The quantitative estimate of drug-likeness (QED) is 0.513. The Balaban J connectivity index is 1.52. The van der Waals surface area contributed by atoms with E-state index in [0.29, 0.717) is 11.1 Å². The van der Waals surface area contributed by atoms with E-state index in [1.165, 1.54) is 28.8 Å². The predicted octanol–water partition coefficient (Wildman–Crippen LogP) is 4.10. The van der Waals surface area contributed by atoms with Crippen molar-refractivity contribution in [3.63, 3.8) is 0 Å². The minimum absolute atomic E-state index is 0.262. The minimum Gasteiger partial charge on any atom is -0.347 e.